The summed E-state index contributed by atoms with van der Waals surface area (Å²) in [5.74, 6) is 0.875. The van der Waals surface area contributed by atoms with Gasteiger partial charge in [0, 0.05) is 37.6 Å². The first-order valence-electron chi connectivity index (χ1n) is 8.43. The Balaban J connectivity index is 1.46. The van der Waals surface area contributed by atoms with Crippen molar-refractivity contribution in [2.24, 2.45) is 0 Å². The molecular formula is C18H24N2O3S2. The van der Waals surface area contributed by atoms with E-state index in [4.69, 9.17) is 4.74 Å². The zero-order chi connectivity index (χ0) is 17.9. The third-order valence-electron chi connectivity index (χ3n) is 4.34. The predicted molar refractivity (Wildman–Crippen MR) is 101 cm³/mol. The lowest BCUT2D eigenvalue weighted by Crippen LogP contribution is -2.49. The van der Waals surface area contributed by atoms with Crippen LogP contribution in [0.5, 0.6) is 5.75 Å². The van der Waals surface area contributed by atoms with Gasteiger partial charge in [-0.25, -0.2) is 8.42 Å². The summed E-state index contributed by atoms with van der Waals surface area (Å²) in [6, 6.07) is 11.6. The van der Waals surface area contributed by atoms with E-state index in [1.54, 1.807) is 10.4 Å². The summed E-state index contributed by atoms with van der Waals surface area (Å²) in [4.78, 5) is 3.27. The van der Waals surface area contributed by atoms with Crippen LogP contribution in [0.1, 0.15) is 10.4 Å². The molecule has 1 aromatic carbocycles. The molecule has 1 fully saturated rings. The predicted octanol–water partition coefficient (Wildman–Crippen LogP) is 2.75. The quantitative estimate of drug-likeness (QED) is 0.773. The molecule has 1 aliphatic rings. The van der Waals surface area contributed by atoms with Gasteiger partial charge in [-0.3, -0.25) is 4.90 Å². The molecular weight excluding hydrogens is 356 g/mol. The number of nitrogens with zero attached hydrogens (tertiary/aromatic N) is 2. The molecule has 0 N–H and O–H groups in total. The second-order valence-corrected chi connectivity index (χ2v) is 9.72. The normalized spacial score (nSPS) is 16.9. The zero-order valence-electron chi connectivity index (χ0n) is 14.6. The van der Waals surface area contributed by atoms with Gasteiger partial charge in [0.25, 0.3) is 10.0 Å². The van der Waals surface area contributed by atoms with Crippen LogP contribution >= 0.6 is 11.3 Å². The maximum atomic E-state index is 12.6. The van der Waals surface area contributed by atoms with Crippen LogP contribution in [-0.2, 0) is 10.0 Å². The first kappa shape index (κ1) is 18.4. The van der Waals surface area contributed by atoms with Crippen molar-refractivity contribution < 1.29 is 13.2 Å². The minimum absolute atomic E-state index is 0.446. The summed E-state index contributed by atoms with van der Waals surface area (Å²) < 4.78 is 33.1. The summed E-state index contributed by atoms with van der Waals surface area (Å²) in [7, 11) is -3.34. The standard InChI is InChI=1S/C18H24N2O3S2/c1-15-3-6-17(7-4-15)23-14-13-19-9-11-20(12-10-19)25(21,22)18-8-5-16(2)24-18/h3-8H,9-14H2,1-2H3. The van der Waals surface area contributed by atoms with Crippen molar-refractivity contribution >= 4 is 21.4 Å². The van der Waals surface area contributed by atoms with E-state index in [1.807, 2.05) is 37.3 Å². The maximum Gasteiger partial charge on any atom is 0.252 e. The number of rotatable bonds is 6. The van der Waals surface area contributed by atoms with Crippen molar-refractivity contribution in [3.8, 4) is 5.75 Å². The van der Waals surface area contributed by atoms with E-state index >= 15 is 0 Å². The highest BCUT2D eigenvalue weighted by molar-refractivity contribution is 7.91. The highest BCUT2D eigenvalue weighted by Crippen LogP contribution is 2.25. The number of hydrogen-bond acceptors (Lipinski definition) is 5. The molecule has 1 aromatic heterocycles. The molecule has 5 nitrogen and oxygen atoms in total. The second kappa shape index (κ2) is 7.86. The Kier molecular flexibility index (Phi) is 5.78. The average Bonchev–Trinajstić information content (AvgIpc) is 3.04. The summed E-state index contributed by atoms with van der Waals surface area (Å²) in [5, 5.41) is 0. The molecule has 0 atom stereocenters. The van der Waals surface area contributed by atoms with Crippen molar-refractivity contribution in [2.75, 3.05) is 39.3 Å². The Bertz CT molecular complexity index is 792. The van der Waals surface area contributed by atoms with Gasteiger partial charge in [-0.15, -0.1) is 11.3 Å². The molecule has 0 unspecified atom stereocenters. The van der Waals surface area contributed by atoms with Crippen LogP contribution < -0.4 is 4.74 Å². The largest absolute Gasteiger partial charge is 0.492 e. The fraction of sp³-hybridized carbons (Fsp3) is 0.444. The first-order valence-corrected chi connectivity index (χ1v) is 10.7. The maximum absolute atomic E-state index is 12.6. The topological polar surface area (TPSA) is 49.9 Å². The minimum Gasteiger partial charge on any atom is -0.492 e. The molecule has 0 radical (unpaired) electrons. The van der Waals surface area contributed by atoms with Crippen LogP contribution in [0, 0.1) is 13.8 Å². The lowest BCUT2D eigenvalue weighted by molar-refractivity contribution is 0.159. The highest BCUT2D eigenvalue weighted by Gasteiger charge is 2.29. The third-order valence-corrected chi connectivity index (χ3v) is 7.71. The van der Waals surface area contributed by atoms with Gasteiger partial charge in [-0.2, -0.15) is 4.31 Å². The molecule has 2 heterocycles. The average molecular weight is 381 g/mol. The van der Waals surface area contributed by atoms with E-state index in [-0.39, 0.29) is 0 Å². The van der Waals surface area contributed by atoms with Gasteiger partial charge in [0.15, 0.2) is 0 Å². The van der Waals surface area contributed by atoms with E-state index in [1.165, 1.54) is 16.9 Å². The van der Waals surface area contributed by atoms with Crippen LogP contribution in [0.4, 0.5) is 0 Å². The number of benzene rings is 1. The molecule has 25 heavy (non-hydrogen) atoms. The van der Waals surface area contributed by atoms with Crippen LogP contribution in [0.15, 0.2) is 40.6 Å². The van der Waals surface area contributed by atoms with Gasteiger partial charge in [0.05, 0.1) is 0 Å². The first-order chi connectivity index (χ1) is 11.9. The van der Waals surface area contributed by atoms with Gasteiger partial charge in [-0.05, 0) is 38.1 Å². The van der Waals surface area contributed by atoms with E-state index in [0.717, 1.165) is 30.3 Å². The van der Waals surface area contributed by atoms with E-state index < -0.39 is 10.0 Å². The molecule has 2 aromatic rings. The molecule has 1 saturated heterocycles. The van der Waals surface area contributed by atoms with Crippen molar-refractivity contribution in [1.29, 1.82) is 0 Å². The number of piperazine rings is 1. The lowest BCUT2D eigenvalue weighted by Gasteiger charge is -2.33. The van der Waals surface area contributed by atoms with Crippen LogP contribution in [0.3, 0.4) is 0 Å². The van der Waals surface area contributed by atoms with Crippen molar-refractivity contribution in [3.63, 3.8) is 0 Å². The molecule has 136 valence electrons. The van der Waals surface area contributed by atoms with Gasteiger partial charge in [0.2, 0.25) is 0 Å². The zero-order valence-corrected chi connectivity index (χ0v) is 16.3. The van der Waals surface area contributed by atoms with E-state index in [0.29, 0.717) is 23.9 Å². The van der Waals surface area contributed by atoms with Gasteiger partial charge in [0.1, 0.15) is 16.6 Å². The fourth-order valence-electron chi connectivity index (χ4n) is 2.80. The van der Waals surface area contributed by atoms with Gasteiger partial charge in [-0.1, -0.05) is 17.7 Å². The Morgan fingerprint density at radius 1 is 1.00 bits per heavy atom. The Labute approximate surface area is 153 Å². The smallest absolute Gasteiger partial charge is 0.252 e. The van der Waals surface area contributed by atoms with Gasteiger partial charge < -0.3 is 4.74 Å². The highest BCUT2D eigenvalue weighted by atomic mass is 32.2. The van der Waals surface area contributed by atoms with Crippen molar-refractivity contribution in [3.05, 3.63) is 46.8 Å². The summed E-state index contributed by atoms with van der Waals surface area (Å²) in [6.07, 6.45) is 0. The number of ether oxygens (including phenoxy) is 1. The molecule has 0 bridgehead atoms. The SMILES string of the molecule is Cc1ccc(OCCN2CCN(S(=O)(=O)c3ccc(C)s3)CC2)cc1. The summed E-state index contributed by atoms with van der Waals surface area (Å²) >= 11 is 1.34. The lowest BCUT2D eigenvalue weighted by atomic mass is 10.2. The monoisotopic (exact) mass is 380 g/mol. The van der Waals surface area contributed by atoms with Gasteiger partial charge >= 0.3 is 0 Å². The molecule has 0 spiro atoms. The minimum atomic E-state index is -3.34. The van der Waals surface area contributed by atoms with E-state index in [9.17, 15) is 8.42 Å². The summed E-state index contributed by atoms with van der Waals surface area (Å²) in [5.41, 5.74) is 1.21. The number of hydrogen-bond donors (Lipinski definition) is 0. The van der Waals surface area contributed by atoms with Crippen LogP contribution in [-0.4, -0.2) is 57.0 Å². The molecule has 7 heteroatoms. The summed E-state index contributed by atoms with van der Waals surface area (Å²) in [6.45, 7) is 7.93. The molecule has 0 saturated carbocycles. The Morgan fingerprint density at radius 2 is 1.68 bits per heavy atom. The van der Waals surface area contributed by atoms with E-state index in [2.05, 4.69) is 11.8 Å². The molecule has 3 rings (SSSR count). The van der Waals surface area contributed by atoms with Crippen LogP contribution in [0.2, 0.25) is 0 Å². The van der Waals surface area contributed by atoms with Crippen molar-refractivity contribution in [2.45, 2.75) is 18.1 Å². The number of sulfonamides is 1. The van der Waals surface area contributed by atoms with Crippen LogP contribution in [0.25, 0.3) is 0 Å². The molecule has 1 aliphatic heterocycles. The molecule has 0 aliphatic carbocycles. The fourth-order valence-corrected chi connectivity index (χ4v) is 5.66. The van der Waals surface area contributed by atoms with Crippen molar-refractivity contribution in [1.82, 2.24) is 9.21 Å². The molecule has 0 amide bonds. The Hall–Kier alpha value is -1.41. The number of thiophene rings is 1. The Morgan fingerprint density at radius 3 is 2.28 bits per heavy atom. The third kappa shape index (κ3) is 4.61. The number of aryl methyl sites for hydroxylation is 2. The second-order valence-electron chi connectivity index (χ2n) is 6.27.